The second-order valence-electron chi connectivity index (χ2n) is 3.16. The summed E-state index contributed by atoms with van der Waals surface area (Å²) in [5.74, 6) is -1.75. The largest absolute Gasteiger partial charge is 0.480 e. The van der Waals surface area contributed by atoms with Gasteiger partial charge in [0.15, 0.2) is 0 Å². The molecule has 0 spiro atoms. The summed E-state index contributed by atoms with van der Waals surface area (Å²) in [5.41, 5.74) is 6.12. The minimum atomic E-state index is -0.956. The van der Waals surface area contributed by atoms with Gasteiger partial charge in [-0.2, -0.15) is 0 Å². The molecule has 0 aliphatic carbocycles. The van der Waals surface area contributed by atoms with E-state index < -0.39 is 11.9 Å². The summed E-state index contributed by atoms with van der Waals surface area (Å²) in [5, 5.41) is 17.3. The molecule has 1 unspecified atom stereocenters. The smallest absolute Gasteiger partial charge is 0.318 e. The lowest BCUT2D eigenvalue weighted by molar-refractivity contribution is -0.137. The number of carbonyl (C=O) groups is 1. The van der Waals surface area contributed by atoms with E-state index in [-0.39, 0.29) is 5.13 Å². The molecule has 3 N–H and O–H groups in total. The fourth-order valence-electron chi connectivity index (χ4n) is 1.40. The highest BCUT2D eigenvalue weighted by Crippen LogP contribution is 2.28. The van der Waals surface area contributed by atoms with E-state index in [1.165, 1.54) is 0 Å². The van der Waals surface area contributed by atoms with Crippen molar-refractivity contribution in [3.05, 3.63) is 40.9 Å². The molecule has 1 heterocycles. The Kier molecular flexibility index (Phi) is 2.82. The average Bonchev–Trinajstić information content (AvgIpc) is 2.66. The maximum Gasteiger partial charge on any atom is 0.318 e. The summed E-state index contributed by atoms with van der Waals surface area (Å²) in [7, 11) is 0. The number of nitrogens with two attached hydrogens (primary N) is 1. The first-order valence-electron chi connectivity index (χ1n) is 4.55. The van der Waals surface area contributed by atoms with Gasteiger partial charge in [0.05, 0.1) is 0 Å². The fourth-order valence-corrected chi connectivity index (χ4v) is 2.13. The predicted octanol–water partition coefficient (Wildman–Crippen LogP) is 1.34. The van der Waals surface area contributed by atoms with E-state index in [2.05, 4.69) is 10.2 Å². The van der Waals surface area contributed by atoms with Gasteiger partial charge in [0.1, 0.15) is 10.9 Å². The third kappa shape index (κ3) is 2.01. The van der Waals surface area contributed by atoms with Crippen molar-refractivity contribution in [2.24, 2.45) is 0 Å². The summed E-state index contributed by atoms with van der Waals surface area (Å²) in [6.07, 6.45) is 0. The molecule has 0 saturated carbocycles. The molecule has 6 heteroatoms. The van der Waals surface area contributed by atoms with E-state index in [4.69, 9.17) is 5.73 Å². The molecule has 0 fully saturated rings. The van der Waals surface area contributed by atoms with Gasteiger partial charge < -0.3 is 10.8 Å². The Hall–Kier alpha value is -1.95. The molecule has 0 aliphatic heterocycles. The highest BCUT2D eigenvalue weighted by Gasteiger charge is 2.25. The standard InChI is InChI=1S/C10H9N3O2S/c11-10-13-12-8(16-10)7(9(14)15)6-4-2-1-3-5-6/h1-5,7H,(H2,11,13)(H,14,15). The van der Waals surface area contributed by atoms with Gasteiger partial charge in [0.2, 0.25) is 5.13 Å². The van der Waals surface area contributed by atoms with Crippen molar-refractivity contribution in [3.8, 4) is 0 Å². The number of aromatic nitrogens is 2. The van der Waals surface area contributed by atoms with Crippen LogP contribution in [-0.2, 0) is 4.79 Å². The number of rotatable bonds is 3. The van der Waals surface area contributed by atoms with Gasteiger partial charge in [-0.1, -0.05) is 41.7 Å². The van der Waals surface area contributed by atoms with E-state index in [1.54, 1.807) is 24.3 Å². The summed E-state index contributed by atoms with van der Waals surface area (Å²) < 4.78 is 0. The average molecular weight is 235 g/mol. The lowest BCUT2D eigenvalue weighted by atomic mass is 10.0. The van der Waals surface area contributed by atoms with E-state index in [0.717, 1.165) is 11.3 Å². The minimum absolute atomic E-state index is 0.275. The lowest BCUT2D eigenvalue weighted by Crippen LogP contribution is -2.12. The number of nitrogen functional groups attached to an aromatic ring is 1. The van der Waals surface area contributed by atoms with Crippen molar-refractivity contribution < 1.29 is 9.90 Å². The van der Waals surface area contributed by atoms with E-state index >= 15 is 0 Å². The monoisotopic (exact) mass is 235 g/mol. The lowest BCUT2D eigenvalue weighted by Gasteiger charge is -2.08. The van der Waals surface area contributed by atoms with Crippen LogP contribution in [0, 0.1) is 0 Å². The van der Waals surface area contributed by atoms with Crippen LogP contribution in [0.1, 0.15) is 16.5 Å². The molecule has 5 nitrogen and oxygen atoms in total. The first-order chi connectivity index (χ1) is 7.68. The Bertz CT molecular complexity index is 498. The van der Waals surface area contributed by atoms with Crippen molar-refractivity contribution in [2.45, 2.75) is 5.92 Å². The van der Waals surface area contributed by atoms with Gasteiger partial charge in [-0.3, -0.25) is 4.79 Å². The zero-order valence-electron chi connectivity index (χ0n) is 8.20. The van der Waals surface area contributed by atoms with Crippen molar-refractivity contribution in [1.82, 2.24) is 10.2 Å². The predicted molar refractivity (Wildman–Crippen MR) is 60.2 cm³/mol. The topological polar surface area (TPSA) is 89.1 Å². The van der Waals surface area contributed by atoms with E-state index in [0.29, 0.717) is 10.6 Å². The maximum absolute atomic E-state index is 11.2. The van der Waals surface area contributed by atoms with Crippen LogP contribution in [0.5, 0.6) is 0 Å². The Morgan fingerprint density at radius 1 is 1.31 bits per heavy atom. The Balaban J connectivity index is 2.43. The van der Waals surface area contributed by atoms with Gasteiger partial charge >= 0.3 is 5.97 Å². The number of benzene rings is 1. The van der Waals surface area contributed by atoms with Crippen molar-refractivity contribution in [3.63, 3.8) is 0 Å². The van der Waals surface area contributed by atoms with Crippen LogP contribution in [-0.4, -0.2) is 21.3 Å². The van der Waals surface area contributed by atoms with Crippen molar-refractivity contribution >= 4 is 22.4 Å². The summed E-state index contributed by atoms with van der Waals surface area (Å²) in [6.45, 7) is 0. The second kappa shape index (κ2) is 4.28. The quantitative estimate of drug-likeness (QED) is 0.837. The highest BCUT2D eigenvalue weighted by molar-refractivity contribution is 7.15. The summed E-state index contributed by atoms with van der Waals surface area (Å²) in [6, 6.07) is 8.90. The number of hydrogen-bond donors (Lipinski definition) is 2. The van der Waals surface area contributed by atoms with Crippen LogP contribution < -0.4 is 5.73 Å². The number of hydrogen-bond acceptors (Lipinski definition) is 5. The van der Waals surface area contributed by atoms with Crippen molar-refractivity contribution in [1.29, 1.82) is 0 Å². The fraction of sp³-hybridized carbons (Fsp3) is 0.100. The molecule has 1 atom stereocenters. The van der Waals surface area contributed by atoms with Crippen LogP contribution in [0.2, 0.25) is 0 Å². The van der Waals surface area contributed by atoms with Crippen LogP contribution in [0.3, 0.4) is 0 Å². The van der Waals surface area contributed by atoms with E-state index in [9.17, 15) is 9.90 Å². The minimum Gasteiger partial charge on any atom is -0.480 e. The van der Waals surface area contributed by atoms with E-state index in [1.807, 2.05) is 6.07 Å². The highest BCUT2D eigenvalue weighted by atomic mass is 32.1. The third-order valence-corrected chi connectivity index (χ3v) is 2.90. The number of carboxylic acids is 1. The molecule has 82 valence electrons. The normalized spacial score (nSPS) is 12.2. The zero-order chi connectivity index (χ0) is 11.5. The number of anilines is 1. The maximum atomic E-state index is 11.2. The van der Waals surface area contributed by atoms with Crippen LogP contribution in [0.4, 0.5) is 5.13 Å². The van der Waals surface area contributed by atoms with Crippen LogP contribution in [0.15, 0.2) is 30.3 Å². The molecular formula is C10H9N3O2S. The van der Waals surface area contributed by atoms with Crippen molar-refractivity contribution in [2.75, 3.05) is 5.73 Å². The first kappa shape index (κ1) is 10.6. The molecule has 1 aromatic carbocycles. The summed E-state index contributed by atoms with van der Waals surface area (Å²) >= 11 is 1.09. The van der Waals surface area contributed by atoms with Gasteiger partial charge in [0.25, 0.3) is 0 Å². The van der Waals surface area contributed by atoms with Gasteiger partial charge in [0, 0.05) is 0 Å². The molecule has 0 saturated heterocycles. The number of nitrogens with zero attached hydrogens (tertiary/aromatic N) is 2. The Labute approximate surface area is 95.6 Å². The zero-order valence-corrected chi connectivity index (χ0v) is 9.02. The number of carboxylic acid groups (broad SMARTS) is 1. The molecule has 1 aromatic heterocycles. The van der Waals surface area contributed by atoms with Gasteiger partial charge in [-0.05, 0) is 5.56 Å². The SMILES string of the molecule is Nc1nnc(C(C(=O)O)c2ccccc2)s1. The Morgan fingerprint density at radius 2 is 2.00 bits per heavy atom. The second-order valence-corrected chi connectivity index (χ2v) is 4.20. The van der Waals surface area contributed by atoms with Crippen LogP contribution in [0.25, 0.3) is 0 Å². The first-order valence-corrected chi connectivity index (χ1v) is 5.37. The van der Waals surface area contributed by atoms with Gasteiger partial charge in [-0.25, -0.2) is 0 Å². The third-order valence-electron chi connectivity index (χ3n) is 2.08. The molecule has 2 rings (SSSR count). The number of aliphatic carboxylic acids is 1. The molecule has 0 aliphatic rings. The van der Waals surface area contributed by atoms with Crippen LogP contribution >= 0.6 is 11.3 Å². The molecule has 0 radical (unpaired) electrons. The Morgan fingerprint density at radius 3 is 2.50 bits per heavy atom. The van der Waals surface area contributed by atoms with Gasteiger partial charge in [-0.15, -0.1) is 10.2 Å². The molecule has 2 aromatic rings. The molecule has 0 amide bonds. The molecule has 0 bridgehead atoms. The summed E-state index contributed by atoms with van der Waals surface area (Å²) in [4.78, 5) is 11.2. The molecular weight excluding hydrogens is 226 g/mol. The molecule has 16 heavy (non-hydrogen) atoms.